The van der Waals surface area contributed by atoms with Gasteiger partial charge >= 0.3 is 0 Å². The second kappa shape index (κ2) is 9.51. The summed E-state index contributed by atoms with van der Waals surface area (Å²) in [5.41, 5.74) is 3.28. The molecular formula is C25H29FN4O2. The minimum Gasteiger partial charge on any atom is -0.469 e. The SMILES string of the molecule is CCN/C=C\C(=N)c1ccc(Cc2cc3c(c(F)c2C)OCN(C2CCCC2)C3=O)cn1. The number of aromatic nitrogens is 1. The van der Waals surface area contributed by atoms with Gasteiger partial charge in [-0.2, -0.15) is 0 Å². The molecule has 0 saturated heterocycles. The Hall–Kier alpha value is -3.22. The fourth-order valence-corrected chi connectivity index (χ4v) is 4.35. The summed E-state index contributed by atoms with van der Waals surface area (Å²) in [5, 5.41) is 11.1. The fourth-order valence-electron chi connectivity index (χ4n) is 4.35. The zero-order valence-corrected chi connectivity index (χ0v) is 18.6. The number of ether oxygens (including phenoxy) is 1. The lowest BCUT2D eigenvalue weighted by Gasteiger charge is -2.34. The lowest BCUT2D eigenvalue weighted by Crippen LogP contribution is -2.44. The van der Waals surface area contributed by atoms with Gasteiger partial charge in [-0.25, -0.2) is 4.39 Å². The second-order valence-electron chi connectivity index (χ2n) is 8.37. The molecule has 1 aromatic heterocycles. The molecule has 1 saturated carbocycles. The zero-order chi connectivity index (χ0) is 22.7. The Kier molecular flexibility index (Phi) is 6.53. The Morgan fingerprint density at radius 1 is 1.38 bits per heavy atom. The van der Waals surface area contributed by atoms with E-state index in [1.165, 1.54) is 0 Å². The molecule has 2 heterocycles. The van der Waals surface area contributed by atoms with Crippen LogP contribution in [0.5, 0.6) is 5.75 Å². The Bertz CT molecular complexity index is 1040. The van der Waals surface area contributed by atoms with Crippen LogP contribution in [0.25, 0.3) is 0 Å². The maximum atomic E-state index is 15.1. The zero-order valence-electron chi connectivity index (χ0n) is 18.6. The van der Waals surface area contributed by atoms with E-state index in [9.17, 15) is 4.79 Å². The molecule has 1 aromatic carbocycles. The van der Waals surface area contributed by atoms with Gasteiger partial charge in [0.25, 0.3) is 5.91 Å². The van der Waals surface area contributed by atoms with Gasteiger partial charge in [-0.3, -0.25) is 15.2 Å². The third kappa shape index (κ3) is 4.38. The van der Waals surface area contributed by atoms with Gasteiger partial charge < -0.3 is 15.0 Å². The van der Waals surface area contributed by atoms with E-state index in [0.29, 0.717) is 29.0 Å². The number of pyridine rings is 1. The van der Waals surface area contributed by atoms with Gasteiger partial charge in [0, 0.05) is 18.8 Å². The number of allylic oxidation sites excluding steroid dienone is 1. The first kappa shape index (κ1) is 22.0. The van der Waals surface area contributed by atoms with E-state index >= 15 is 4.39 Å². The van der Waals surface area contributed by atoms with Crippen molar-refractivity contribution in [3.63, 3.8) is 0 Å². The van der Waals surface area contributed by atoms with Crippen LogP contribution in [0, 0.1) is 18.2 Å². The molecule has 6 nitrogen and oxygen atoms in total. The van der Waals surface area contributed by atoms with Crippen LogP contribution in [0.3, 0.4) is 0 Å². The molecule has 2 aromatic rings. The highest BCUT2D eigenvalue weighted by atomic mass is 19.1. The van der Waals surface area contributed by atoms with Crippen LogP contribution >= 0.6 is 0 Å². The smallest absolute Gasteiger partial charge is 0.260 e. The van der Waals surface area contributed by atoms with Crippen molar-refractivity contribution >= 4 is 11.6 Å². The summed E-state index contributed by atoms with van der Waals surface area (Å²) in [7, 11) is 0. The molecule has 0 bridgehead atoms. The van der Waals surface area contributed by atoms with E-state index in [2.05, 4.69) is 10.3 Å². The molecule has 7 heteroatoms. The fraction of sp³-hybridized carbons (Fsp3) is 0.400. The number of nitrogens with zero attached hydrogens (tertiary/aromatic N) is 2. The Morgan fingerprint density at radius 2 is 2.16 bits per heavy atom. The number of hydrogen-bond donors (Lipinski definition) is 2. The number of rotatable bonds is 7. The van der Waals surface area contributed by atoms with Crippen LogP contribution in [0.15, 0.2) is 36.7 Å². The minimum absolute atomic E-state index is 0.0693. The standard InChI is InChI=1S/C25H29FN4O2/c1-3-28-11-10-21(27)22-9-8-17(14-29-22)12-18-13-20-24(23(26)16(18)2)32-15-30(25(20)31)19-6-4-5-7-19/h8-11,13-14,19,27-28H,3-7,12,15H2,1-2H3/b11-10-,27-21?. The van der Waals surface area contributed by atoms with E-state index < -0.39 is 5.82 Å². The molecule has 4 rings (SSSR count). The lowest BCUT2D eigenvalue weighted by atomic mass is 9.96. The van der Waals surface area contributed by atoms with E-state index in [1.807, 2.05) is 13.0 Å². The average molecular weight is 437 g/mol. The number of carbonyl (C=O) groups excluding carboxylic acids is 1. The van der Waals surface area contributed by atoms with Crippen molar-refractivity contribution in [2.45, 2.75) is 52.0 Å². The van der Waals surface area contributed by atoms with Gasteiger partial charge in [0.15, 0.2) is 18.3 Å². The molecule has 32 heavy (non-hydrogen) atoms. The highest BCUT2D eigenvalue weighted by Crippen LogP contribution is 2.36. The first-order valence-corrected chi connectivity index (χ1v) is 11.2. The summed E-state index contributed by atoms with van der Waals surface area (Å²) < 4.78 is 20.8. The van der Waals surface area contributed by atoms with E-state index in [-0.39, 0.29) is 24.4 Å². The van der Waals surface area contributed by atoms with Crippen molar-refractivity contribution in [2.24, 2.45) is 0 Å². The van der Waals surface area contributed by atoms with Crippen LogP contribution in [-0.4, -0.2) is 40.8 Å². The number of halogens is 1. The van der Waals surface area contributed by atoms with Gasteiger partial charge in [-0.15, -0.1) is 0 Å². The van der Waals surface area contributed by atoms with Gasteiger partial charge in [-0.05, 0) is 74.2 Å². The molecule has 1 aliphatic carbocycles. The molecule has 168 valence electrons. The molecule has 0 atom stereocenters. The van der Waals surface area contributed by atoms with Crippen molar-refractivity contribution < 1.29 is 13.9 Å². The van der Waals surface area contributed by atoms with E-state index in [0.717, 1.165) is 43.4 Å². The van der Waals surface area contributed by atoms with Gasteiger partial charge in [0.05, 0.1) is 17.0 Å². The predicted octanol–water partition coefficient (Wildman–Crippen LogP) is 4.35. The summed E-state index contributed by atoms with van der Waals surface area (Å²) in [6.45, 7) is 4.61. The lowest BCUT2D eigenvalue weighted by molar-refractivity contribution is 0.0377. The molecule has 1 fully saturated rings. The summed E-state index contributed by atoms with van der Waals surface area (Å²) >= 11 is 0. The molecule has 0 radical (unpaired) electrons. The molecule has 1 amide bonds. The predicted molar refractivity (Wildman–Crippen MR) is 122 cm³/mol. The summed E-state index contributed by atoms with van der Waals surface area (Å²) in [6, 6.07) is 5.62. The maximum absolute atomic E-state index is 15.1. The topological polar surface area (TPSA) is 78.3 Å². The van der Waals surface area contributed by atoms with Crippen molar-refractivity contribution in [1.82, 2.24) is 15.2 Å². The quantitative estimate of drug-likeness (QED) is 0.633. The Morgan fingerprint density at radius 3 is 2.84 bits per heavy atom. The van der Waals surface area contributed by atoms with Gasteiger partial charge in [0.2, 0.25) is 0 Å². The van der Waals surface area contributed by atoms with Crippen LogP contribution in [0.4, 0.5) is 4.39 Å². The summed E-state index contributed by atoms with van der Waals surface area (Å²) in [5.74, 6) is -0.538. The summed E-state index contributed by atoms with van der Waals surface area (Å²) in [6.07, 6.45) is 9.71. The third-order valence-electron chi connectivity index (χ3n) is 6.25. The van der Waals surface area contributed by atoms with Crippen LogP contribution < -0.4 is 10.1 Å². The largest absolute Gasteiger partial charge is 0.469 e. The molecule has 0 spiro atoms. The molecule has 0 unspecified atom stereocenters. The molecule has 1 aliphatic heterocycles. The van der Waals surface area contributed by atoms with Crippen molar-refractivity contribution in [1.29, 1.82) is 5.41 Å². The third-order valence-corrected chi connectivity index (χ3v) is 6.25. The second-order valence-corrected chi connectivity index (χ2v) is 8.37. The van der Waals surface area contributed by atoms with Gasteiger partial charge in [0.1, 0.15) is 0 Å². The molecule has 2 N–H and O–H groups in total. The Labute approximate surface area is 188 Å². The van der Waals surface area contributed by atoms with Crippen LogP contribution in [0.2, 0.25) is 0 Å². The number of fused-ring (bicyclic) bond motifs is 1. The number of carbonyl (C=O) groups is 1. The van der Waals surface area contributed by atoms with Crippen LogP contribution in [0.1, 0.15) is 65.3 Å². The molecular weight excluding hydrogens is 407 g/mol. The average Bonchev–Trinajstić information content (AvgIpc) is 3.33. The minimum atomic E-state index is -0.461. The summed E-state index contributed by atoms with van der Waals surface area (Å²) in [4.78, 5) is 19.3. The first-order valence-electron chi connectivity index (χ1n) is 11.2. The Balaban J connectivity index is 1.55. The van der Waals surface area contributed by atoms with Crippen molar-refractivity contribution in [2.75, 3.05) is 13.3 Å². The van der Waals surface area contributed by atoms with Crippen LogP contribution in [-0.2, 0) is 6.42 Å². The van der Waals surface area contributed by atoms with Crippen molar-refractivity contribution in [3.05, 3.63) is 70.4 Å². The molecule has 2 aliphatic rings. The van der Waals surface area contributed by atoms with Gasteiger partial charge in [-0.1, -0.05) is 18.9 Å². The number of amides is 1. The highest BCUT2D eigenvalue weighted by Gasteiger charge is 2.35. The number of nitrogens with one attached hydrogen (secondary N) is 2. The first-order chi connectivity index (χ1) is 15.5. The number of benzene rings is 1. The highest BCUT2D eigenvalue weighted by molar-refractivity contribution is 6.04. The maximum Gasteiger partial charge on any atom is 0.260 e. The van der Waals surface area contributed by atoms with E-state index in [1.54, 1.807) is 42.4 Å². The van der Waals surface area contributed by atoms with Crippen molar-refractivity contribution in [3.8, 4) is 5.75 Å². The monoisotopic (exact) mass is 436 g/mol. The normalized spacial score (nSPS) is 16.3. The van der Waals surface area contributed by atoms with E-state index in [4.69, 9.17) is 10.1 Å². The number of hydrogen-bond acceptors (Lipinski definition) is 5.